The summed E-state index contributed by atoms with van der Waals surface area (Å²) in [6, 6.07) is 2.15. The van der Waals surface area contributed by atoms with E-state index in [9.17, 15) is 4.79 Å². The van der Waals surface area contributed by atoms with Crippen molar-refractivity contribution in [1.82, 2.24) is 14.9 Å². The van der Waals surface area contributed by atoms with E-state index in [-0.39, 0.29) is 18.4 Å². The van der Waals surface area contributed by atoms with Gasteiger partial charge >= 0.3 is 0 Å². The van der Waals surface area contributed by atoms with Crippen LogP contribution in [0.3, 0.4) is 0 Å². The van der Waals surface area contributed by atoms with Gasteiger partial charge in [-0.15, -0.1) is 0 Å². The molecule has 0 saturated carbocycles. The summed E-state index contributed by atoms with van der Waals surface area (Å²) in [7, 11) is 2.04. The van der Waals surface area contributed by atoms with Gasteiger partial charge in [0.05, 0.1) is 17.8 Å². The summed E-state index contributed by atoms with van der Waals surface area (Å²) in [6.45, 7) is 3.58. The van der Waals surface area contributed by atoms with Crippen LogP contribution in [-0.4, -0.2) is 47.0 Å². The monoisotopic (exact) mass is 311 g/mol. The Balaban J connectivity index is 1.82. The van der Waals surface area contributed by atoms with Gasteiger partial charge in [0.1, 0.15) is 18.6 Å². The predicted molar refractivity (Wildman–Crippen MR) is 87.6 cm³/mol. The summed E-state index contributed by atoms with van der Waals surface area (Å²) in [5.74, 6) is 1.31. The fourth-order valence-corrected chi connectivity index (χ4v) is 3.44. The Labute approximate surface area is 136 Å². The summed E-state index contributed by atoms with van der Waals surface area (Å²) in [5.41, 5.74) is 2.14. The van der Waals surface area contributed by atoms with Gasteiger partial charge in [-0.2, -0.15) is 5.26 Å². The topological polar surface area (TPSA) is 73.1 Å². The smallest absolute Gasteiger partial charge is 0.236 e. The number of piperidine rings is 1. The van der Waals surface area contributed by atoms with Crippen LogP contribution in [0.4, 0.5) is 5.82 Å². The first-order valence-corrected chi connectivity index (χ1v) is 7.99. The molecule has 1 aromatic heterocycles. The van der Waals surface area contributed by atoms with Crippen molar-refractivity contribution in [3.63, 3.8) is 0 Å². The third-order valence-corrected chi connectivity index (χ3v) is 4.87. The number of rotatable bonds is 3. The molecule has 1 saturated heterocycles. The van der Waals surface area contributed by atoms with Crippen molar-refractivity contribution in [2.24, 2.45) is 5.92 Å². The lowest BCUT2D eigenvalue weighted by molar-refractivity contribution is -0.131. The Morgan fingerprint density at radius 2 is 2.35 bits per heavy atom. The van der Waals surface area contributed by atoms with E-state index in [0.717, 1.165) is 36.5 Å². The highest BCUT2D eigenvalue weighted by atomic mass is 16.2. The van der Waals surface area contributed by atoms with Gasteiger partial charge in [-0.05, 0) is 12.3 Å². The van der Waals surface area contributed by atoms with Gasteiger partial charge in [0.2, 0.25) is 5.91 Å². The van der Waals surface area contributed by atoms with Gasteiger partial charge in [-0.3, -0.25) is 4.79 Å². The van der Waals surface area contributed by atoms with Crippen LogP contribution < -0.4 is 4.90 Å². The molecule has 3 rings (SSSR count). The Hall–Kier alpha value is -2.42. The Bertz CT molecular complexity index is 678. The molecule has 1 aliphatic carbocycles. The lowest BCUT2D eigenvalue weighted by Gasteiger charge is -2.42. The maximum absolute atomic E-state index is 12.0. The molecule has 0 spiro atoms. The van der Waals surface area contributed by atoms with Crippen molar-refractivity contribution in [1.29, 1.82) is 5.26 Å². The number of aromatic nitrogens is 2. The second-order valence-corrected chi connectivity index (χ2v) is 6.28. The zero-order valence-electron chi connectivity index (χ0n) is 13.6. The number of allylic oxidation sites excluding steroid dienone is 1. The number of hydrogen-bond donors (Lipinski definition) is 0. The molecule has 120 valence electrons. The van der Waals surface area contributed by atoms with Crippen LogP contribution in [0.25, 0.3) is 6.08 Å². The van der Waals surface area contributed by atoms with Crippen molar-refractivity contribution in [3.05, 3.63) is 23.7 Å². The van der Waals surface area contributed by atoms with E-state index in [1.54, 1.807) is 6.33 Å². The first kappa shape index (κ1) is 15.5. The molecular weight excluding hydrogens is 290 g/mol. The minimum absolute atomic E-state index is 0.0452. The molecule has 2 atom stereocenters. The second kappa shape index (κ2) is 6.37. The Morgan fingerprint density at radius 3 is 3.13 bits per heavy atom. The van der Waals surface area contributed by atoms with E-state index < -0.39 is 0 Å². The molecule has 0 unspecified atom stereocenters. The third-order valence-electron chi connectivity index (χ3n) is 4.87. The number of likely N-dealkylation sites (N-methyl/N-ethyl adjacent to an activating group) is 1. The minimum Gasteiger partial charge on any atom is -0.354 e. The van der Waals surface area contributed by atoms with Gasteiger partial charge in [-0.25, -0.2) is 9.97 Å². The average Bonchev–Trinajstić information content (AvgIpc) is 3.03. The van der Waals surface area contributed by atoms with Crippen molar-refractivity contribution >= 4 is 17.8 Å². The maximum atomic E-state index is 12.0. The van der Waals surface area contributed by atoms with Crippen molar-refractivity contribution in [2.45, 2.75) is 32.2 Å². The summed E-state index contributed by atoms with van der Waals surface area (Å²) in [5, 5.41) is 8.75. The maximum Gasteiger partial charge on any atom is 0.236 e. The molecule has 1 amide bonds. The molecule has 2 aliphatic rings. The van der Waals surface area contributed by atoms with Crippen LogP contribution in [-0.2, 0) is 11.2 Å². The summed E-state index contributed by atoms with van der Waals surface area (Å²) >= 11 is 0. The fraction of sp³-hybridized carbons (Fsp3) is 0.529. The molecule has 0 bridgehead atoms. The van der Waals surface area contributed by atoms with Crippen LogP contribution >= 0.6 is 0 Å². The van der Waals surface area contributed by atoms with Crippen LogP contribution in [0.2, 0.25) is 0 Å². The van der Waals surface area contributed by atoms with E-state index in [1.165, 1.54) is 0 Å². The number of anilines is 1. The first-order valence-electron chi connectivity index (χ1n) is 7.99. The standard InChI is InChI=1S/C17H21N5O/c1-12-7-9-22(16(23)6-8-18)10-15(12)21(2)17-13-4-3-5-14(13)19-11-20-17/h3-4,11-12,15H,5-7,9-10H2,1-2H3/t12-,15+/m1/s1. The molecule has 23 heavy (non-hydrogen) atoms. The average molecular weight is 311 g/mol. The van der Waals surface area contributed by atoms with E-state index >= 15 is 0 Å². The molecular formula is C17H21N5O. The number of likely N-dealkylation sites (tertiary alicyclic amines) is 1. The van der Waals surface area contributed by atoms with Gasteiger partial charge in [0, 0.05) is 32.1 Å². The molecule has 2 heterocycles. The van der Waals surface area contributed by atoms with Crippen molar-refractivity contribution < 1.29 is 4.79 Å². The highest BCUT2D eigenvalue weighted by molar-refractivity contribution is 5.78. The normalized spacial score (nSPS) is 22.6. The number of nitriles is 1. The third kappa shape index (κ3) is 2.91. The van der Waals surface area contributed by atoms with E-state index in [4.69, 9.17) is 5.26 Å². The van der Waals surface area contributed by atoms with Gasteiger partial charge in [0.25, 0.3) is 0 Å². The first-order chi connectivity index (χ1) is 11.1. The summed E-state index contributed by atoms with van der Waals surface area (Å²) in [4.78, 5) is 24.8. The number of amides is 1. The van der Waals surface area contributed by atoms with Crippen LogP contribution in [0.1, 0.15) is 31.0 Å². The predicted octanol–water partition coefficient (Wildman–Crippen LogP) is 1.63. The number of carbonyl (C=O) groups is 1. The van der Waals surface area contributed by atoms with E-state index in [0.29, 0.717) is 12.5 Å². The Kier molecular flexibility index (Phi) is 4.28. The van der Waals surface area contributed by atoms with Crippen molar-refractivity contribution in [3.8, 4) is 6.07 Å². The number of carbonyl (C=O) groups excluding carboxylic acids is 1. The lowest BCUT2D eigenvalue weighted by Crippen LogP contribution is -2.53. The molecule has 1 fully saturated rings. The molecule has 0 radical (unpaired) electrons. The minimum atomic E-state index is -0.0781. The van der Waals surface area contributed by atoms with Crippen molar-refractivity contribution in [2.75, 3.05) is 25.0 Å². The van der Waals surface area contributed by atoms with Gasteiger partial charge in [-0.1, -0.05) is 19.1 Å². The fourth-order valence-electron chi connectivity index (χ4n) is 3.44. The van der Waals surface area contributed by atoms with Gasteiger partial charge < -0.3 is 9.80 Å². The van der Waals surface area contributed by atoms with Gasteiger partial charge in [0.15, 0.2) is 0 Å². The summed E-state index contributed by atoms with van der Waals surface area (Å²) < 4.78 is 0. The van der Waals surface area contributed by atoms with E-state index in [1.807, 2.05) is 18.0 Å². The molecule has 6 heteroatoms. The molecule has 0 N–H and O–H groups in total. The van der Waals surface area contributed by atoms with E-state index in [2.05, 4.69) is 33.9 Å². The molecule has 1 aliphatic heterocycles. The summed E-state index contributed by atoms with van der Waals surface area (Å²) in [6.07, 6.45) is 7.54. The highest BCUT2D eigenvalue weighted by Gasteiger charge is 2.33. The largest absolute Gasteiger partial charge is 0.354 e. The lowest BCUT2D eigenvalue weighted by atomic mass is 9.92. The highest BCUT2D eigenvalue weighted by Crippen LogP contribution is 2.30. The van der Waals surface area contributed by atoms with Crippen LogP contribution in [0.15, 0.2) is 12.4 Å². The number of hydrogen-bond acceptors (Lipinski definition) is 5. The second-order valence-electron chi connectivity index (χ2n) is 6.28. The SMILES string of the molecule is C[C@@H]1CCN(C(=O)CC#N)C[C@@H]1N(C)c1ncnc2c1C=CC2. The molecule has 0 aromatic carbocycles. The zero-order valence-corrected chi connectivity index (χ0v) is 13.6. The molecule has 1 aromatic rings. The quantitative estimate of drug-likeness (QED) is 0.848. The van der Waals surface area contributed by atoms with Crippen LogP contribution in [0.5, 0.6) is 0 Å². The number of nitrogens with zero attached hydrogens (tertiary/aromatic N) is 5. The number of fused-ring (bicyclic) bond motifs is 1. The Morgan fingerprint density at radius 1 is 1.52 bits per heavy atom. The van der Waals surface area contributed by atoms with Crippen LogP contribution in [0, 0.1) is 17.2 Å². The molecule has 6 nitrogen and oxygen atoms in total. The zero-order chi connectivity index (χ0) is 16.4.